The van der Waals surface area contributed by atoms with Gasteiger partial charge in [-0.1, -0.05) is 0 Å². The monoisotopic (exact) mass is 240 g/mol. The van der Waals surface area contributed by atoms with Gasteiger partial charge in [-0.2, -0.15) is 17.0 Å². The van der Waals surface area contributed by atoms with Crippen LogP contribution in [0.25, 0.3) is 0 Å². The predicted octanol–water partition coefficient (Wildman–Crippen LogP) is 3.19. The number of rotatable bonds is 4. The number of nitriles is 1. The molecule has 0 aromatic carbocycles. The zero-order valence-electron chi connectivity index (χ0n) is 10.8. The molecule has 0 radical (unpaired) electrons. The summed E-state index contributed by atoms with van der Waals surface area (Å²) in [4.78, 5) is 0. The second-order valence-corrected chi connectivity index (χ2v) is 6.93. The lowest BCUT2D eigenvalue weighted by atomic mass is 9.94. The molecule has 0 aromatic rings. The molecule has 1 atom stereocenters. The number of thioether (sulfide) groups is 1. The van der Waals surface area contributed by atoms with Crippen LogP contribution in [0.15, 0.2) is 0 Å². The van der Waals surface area contributed by atoms with E-state index in [-0.39, 0.29) is 11.6 Å². The molecule has 1 heterocycles. The molecule has 3 heteroatoms. The Balaban J connectivity index is 2.25. The first kappa shape index (κ1) is 13.9. The Morgan fingerprint density at radius 1 is 1.38 bits per heavy atom. The third-order valence-electron chi connectivity index (χ3n) is 2.97. The molecule has 0 bridgehead atoms. The van der Waals surface area contributed by atoms with Crippen molar-refractivity contribution in [2.24, 2.45) is 5.92 Å². The SMILES string of the molecule is CC(C)(C)NC(C#N)CCC1CCSCC1. The fraction of sp³-hybridized carbons (Fsp3) is 0.923. The van der Waals surface area contributed by atoms with Crippen LogP contribution in [0.2, 0.25) is 0 Å². The summed E-state index contributed by atoms with van der Waals surface area (Å²) in [5.74, 6) is 3.49. The third-order valence-corrected chi connectivity index (χ3v) is 4.02. The number of nitrogens with zero attached hydrogens (tertiary/aromatic N) is 1. The predicted molar refractivity (Wildman–Crippen MR) is 71.6 cm³/mol. The van der Waals surface area contributed by atoms with E-state index in [4.69, 9.17) is 5.26 Å². The Labute approximate surface area is 104 Å². The van der Waals surface area contributed by atoms with Gasteiger partial charge in [0.2, 0.25) is 0 Å². The van der Waals surface area contributed by atoms with E-state index in [9.17, 15) is 0 Å². The largest absolute Gasteiger partial charge is 0.297 e. The lowest BCUT2D eigenvalue weighted by Crippen LogP contribution is -2.43. The minimum absolute atomic E-state index is 0.0228. The van der Waals surface area contributed by atoms with Crippen LogP contribution in [0.3, 0.4) is 0 Å². The fourth-order valence-electron chi connectivity index (χ4n) is 2.13. The van der Waals surface area contributed by atoms with Gasteiger partial charge in [-0.25, -0.2) is 0 Å². The van der Waals surface area contributed by atoms with Gasteiger partial charge < -0.3 is 0 Å². The fourth-order valence-corrected chi connectivity index (χ4v) is 3.33. The Kier molecular flexibility index (Phi) is 5.64. The van der Waals surface area contributed by atoms with Crippen molar-refractivity contribution >= 4 is 11.8 Å². The molecular weight excluding hydrogens is 216 g/mol. The van der Waals surface area contributed by atoms with Crippen molar-refractivity contribution in [2.45, 2.75) is 58.0 Å². The topological polar surface area (TPSA) is 35.8 Å². The van der Waals surface area contributed by atoms with Gasteiger partial charge in [0, 0.05) is 5.54 Å². The summed E-state index contributed by atoms with van der Waals surface area (Å²) >= 11 is 2.07. The second-order valence-electron chi connectivity index (χ2n) is 5.71. The average molecular weight is 240 g/mol. The van der Waals surface area contributed by atoms with Gasteiger partial charge in [0.05, 0.1) is 12.1 Å². The van der Waals surface area contributed by atoms with E-state index < -0.39 is 0 Å². The highest BCUT2D eigenvalue weighted by molar-refractivity contribution is 7.99. The first-order valence-electron chi connectivity index (χ1n) is 6.26. The highest BCUT2D eigenvalue weighted by atomic mass is 32.2. The van der Waals surface area contributed by atoms with Crippen molar-refractivity contribution < 1.29 is 0 Å². The van der Waals surface area contributed by atoms with E-state index in [1.807, 2.05) is 0 Å². The van der Waals surface area contributed by atoms with Crippen molar-refractivity contribution in [2.75, 3.05) is 11.5 Å². The van der Waals surface area contributed by atoms with Gasteiger partial charge in [-0.3, -0.25) is 5.32 Å². The molecule has 92 valence electrons. The molecular formula is C13H24N2S. The van der Waals surface area contributed by atoms with E-state index >= 15 is 0 Å². The second kappa shape index (κ2) is 6.51. The Hall–Kier alpha value is -0.200. The number of hydrogen-bond donors (Lipinski definition) is 1. The summed E-state index contributed by atoms with van der Waals surface area (Å²) in [5.41, 5.74) is 0.0445. The van der Waals surface area contributed by atoms with Crippen molar-refractivity contribution in [1.82, 2.24) is 5.32 Å². The maximum atomic E-state index is 9.10. The molecule has 1 fully saturated rings. The quantitative estimate of drug-likeness (QED) is 0.820. The smallest absolute Gasteiger partial charge is 0.0957 e. The molecule has 0 aliphatic carbocycles. The molecule has 1 aliphatic rings. The molecule has 0 saturated carbocycles. The van der Waals surface area contributed by atoms with Crippen LogP contribution in [0.4, 0.5) is 0 Å². The molecule has 2 nitrogen and oxygen atoms in total. The van der Waals surface area contributed by atoms with Gasteiger partial charge in [0.1, 0.15) is 0 Å². The van der Waals surface area contributed by atoms with Crippen molar-refractivity contribution in [1.29, 1.82) is 5.26 Å². The Morgan fingerprint density at radius 3 is 2.50 bits per heavy atom. The Morgan fingerprint density at radius 2 is 2.00 bits per heavy atom. The molecule has 0 aromatic heterocycles. The van der Waals surface area contributed by atoms with Gasteiger partial charge in [0.25, 0.3) is 0 Å². The van der Waals surface area contributed by atoms with E-state index in [1.54, 1.807) is 0 Å². The van der Waals surface area contributed by atoms with Crippen LogP contribution < -0.4 is 5.32 Å². The molecule has 1 saturated heterocycles. The standard InChI is InChI=1S/C13H24N2S/c1-13(2,3)15-12(10-14)5-4-11-6-8-16-9-7-11/h11-12,15H,4-9H2,1-3H3. The lowest BCUT2D eigenvalue weighted by Gasteiger charge is -2.26. The zero-order valence-corrected chi connectivity index (χ0v) is 11.6. The molecule has 1 N–H and O–H groups in total. The maximum absolute atomic E-state index is 9.10. The van der Waals surface area contributed by atoms with Crippen LogP contribution in [-0.2, 0) is 0 Å². The van der Waals surface area contributed by atoms with Gasteiger partial charge in [0.15, 0.2) is 0 Å². The first-order chi connectivity index (χ1) is 7.51. The summed E-state index contributed by atoms with van der Waals surface area (Å²) < 4.78 is 0. The zero-order chi connectivity index (χ0) is 12.0. The lowest BCUT2D eigenvalue weighted by molar-refractivity contribution is 0.351. The van der Waals surface area contributed by atoms with E-state index in [2.05, 4.69) is 43.9 Å². The molecule has 0 amide bonds. The molecule has 1 rings (SSSR count). The molecule has 16 heavy (non-hydrogen) atoms. The molecule has 0 spiro atoms. The average Bonchev–Trinajstić information content (AvgIpc) is 2.24. The van der Waals surface area contributed by atoms with Crippen LogP contribution >= 0.6 is 11.8 Å². The summed E-state index contributed by atoms with van der Waals surface area (Å²) in [6.07, 6.45) is 4.90. The minimum Gasteiger partial charge on any atom is -0.297 e. The van der Waals surface area contributed by atoms with Crippen LogP contribution in [0.1, 0.15) is 46.5 Å². The Bertz CT molecular complexity index is 233. The van der Waals surface area contributed by atoms with Crippen LogP contribution in [0.5, 0.6) is 0 Å². The number of nitrogens with one attached hydrogen (secondary N) is 1. The maximum Gasteiger partial charge on any atom is 0.0957 e. The molecule has 1 unspecified atom stereocenters. The third kappa shape index (κ3) is 5.77. The minimum atomic E-state index is 0.0228. The first-order valence-corrected chi connectivity index (χ1v) is 7.42. The number of hydrogen-bond acceptors (Lipinski definition) is 3. The van der Waals surface area contributed by atoms with Crippen LogP contribution in [0, 0.1) is 17.2 Å². The van der Waals surface area contributed by atoms with E-state index in [1.165, 1.54) is 30.8 Å². The summed E-state index contributed by atoms with van der Waals surface area (Å²) in [6, 6.07) is 2.40. The van der Waals surface area contributed by atoms with Crippen molar-refractivity contribution in [3.63, 3.8) is 0 Å². The van der Waals surface area contributed by atoms with E-state index in [0.717, 1.165) is 12.3 Å². The van der Waals surface area contributed by atoms with Gasteiger partial charge in [-0.15, -0.1) is 0 Å². The van der Waals surface area contributed by atoms with E-state index in [0.29, 0.717) is 0 Å². The highest BCUT2D eigenvalue weighted by Gasteiger charge is 2.19. The van der Waals surface area contributed by atoms with Gasteiger partial charge >= 0.3 is 0 Å². The van der Waals surface area contributed by atoms with Gasteiger partial charge in [-0.05, 0) is 63.9 Å². The van der Waals surface area contributed by atoms with Crippen LogP contribution in [-0.4, -0.2) is 23.1 Å². The normalized spacial score (nSPS) is 20.4. The van der Waals surface area contributed by atoms with Crippen molar-refractivity contribution in [3.8, 4) is 6.07 Å². The summed E-state index contributed by atoms with van der Waals surface area (Å²) in [5, 5.41) is 12.5. The summed E-state index contributed by atoms with van der Waals surface area (Å²) in [6.45, 7) is 6.36. The molecule has 1 aliphatic heterocycles. The summed E-state index contributed by atoms with van der Waals surface area (Å²) in [7, 11) is 0. The van der Waals surface area contributed by atoms with Crippen molar-refractivity contribution in [3.05, 3.63) is 0 Å². The highest BCUT2D eigenvalue weighted by Crippen LogP contribution is 2.26.